The van der Waals surface area contributed by atoms with Crippen molar-refractivity contribution in [2.24, 2.45) is 0 Å². The van der Waals surface area contributed by atoms with Gasteiger partial charge in [-0.3, -0.25) is 9.78 Å². The highest BCUT2D eigenvalue weighted by atomic mass is 16.5. The average molecular weight is 382 g/mol. The van der Waals surface area contributed by atoms with E-state index in [1.165, 1.54) is 11.0 Å². The third-order valence-corrected chi connectivity index (χ3v) is 4.60. The van der Waals surface area contributed by atoms with Gasteiger partial charge in [-0.05, 0) is 35.9 Å². The molecule has 0 aliphatic heterocycles. The molecule has 29 heavy (non-hydrogen) atoms. The van der Waals surface area contributed by atoms with Gasteiger partial charge < -0.3 is 10.3 Å². The molecular formula is C21H14N6O2. The van der Waals surface area contributed by atoms with Crippen LogP contribution in [0.5, 0.6) is 0 Å². The predicted octanol–water partition coefficient (Wildman–Crippen LogP) is 3.08. The summed E-state index contributed by atoms with van der Waals surface area (Å²) in [5, 5.41) is 4.30. The molecule has 8 nitrogen and oxygen atoms in total. The molecular weight excluding hydrogens is 368 g/mol. The zero-order valence-corrected chi connectivity index (χ0v) is 15.1. The predicted molar refractivity (Wildman–Crippen MR) is 108 cm³/mol. The van der Waals surface area contributed by atoms with Crippen LogP contribution in [0.25, 0.3) is 39.1 Å². The summed E-state index contributed by atoms with van der Waals surface area (Å²) < 4.78 is 6.20. The highest BCUT2D eigenvalue weighted by molar-refractivity contribution is 5.85. The van der Waals surface area contributed by atoms with E-state index < -0.39 is 0 Å². The summed E-state index contributed by atoms with van der Waals surface area (Å²) in [6.07, 6.45) is 4.63. The Labute approximate surface area is 164 Å². The minimum Gasteiger partial charge on any atom is -0.369 e. The summed E-state index contributed by atoms with van der Waals surface area (Å²) in [6.45, 7) is 0. The molecule has 0 atom stereocenters. The second-order valence-corrected chi connectivity index (χ2v) is 6.40. The van der Waals surface area contributed by atoms with Crippen LogP contribution in [-0.2, 0) is 0 Å². The first kappa shape index (κ1) is 16.8. The van der Waals surface area contributed by atoms with Gasteiger partial charge in [-0.2, -0.15) is 4.98 Å². The van der Waals surface area contributed by atoms with Crippen molar-refractivity contribution >= 4 is 16.9 Å². The summed E-state index contributed by atoms with van der Waals surface area (Å²) in [5.74, 6) is 0.586. The van der Waals surface area contributed by atoms with E-state index in [-0.39, 0.29) is 11.5 Å². The molecule has 3 heterocycles. The van der Waals surface area contributed by atoms with Gasteiger partial charge in [0.05, 0.1) is 16.6 Å². The van der Waals surface area contributed by atoms with Gasteiger partial charge in [0.15, 0.2) is 0 Å². The van der Waals surface area contributed by atoms with Crippen molar-refractivity contribution in [1.82, 2.24) is 24.7 Å². The lowest BCUT2D eigenvalue weighted by Gasteiger charge is -2.11. The fourth-order valence-electron chi connectivity index (χ4n) is 3.23. The molecule has 0 saturated carbocycles. The standard InChI is InChI=1S/C21H14N6O2/c22-21-25-18-7-6-13(14-8-15(11-23-10-14)19-24-12-29-26-19)9-17(18)20(28)27(21)16-4-2-1-3-5-16/h1-12H,(H2,22,25). The molecule has 0 aliphatic carbocycles. The number of para-hydroxylation sites is 1. The topological polar surface area (TPSA) is 113 Å². The average Bonchev–Trinajstić information content (AvgIpc) is 3.30. The van der Waals surface area contributed by atoms with Gasteiger partial charge in [0.25, 0.3) is 5.56 Å². The van der Waals surface area contributed by atoms with Crippen molar-refractivity contribution in [1.29, 1.82) is 0 Å². The Morgan fingerprint density at radius 2 is 1.76 bits per heavy atom. The maximum atomic E-state index is 13.2. The van der Waals surface area contributed by atoms with Crippen LogP contribution in [0.4, 0.5) is 5.95 Å². The van der Waals surface area contributed by atoms with Crippen molar-refractivity contribution in [2.75, 3.05) is 5.73 Å². The number of nitrogens with zero attached hydrogens (tertiary/aromatic N) is 5. The lowest BCUT2D eigenvalue weighted by atomic mass is 10.0. The Bertz CT molecular complexity index is 1380. The van der Waals surface area contributed by atoms with Crippen molar-refractivity contribution < 1.29 is 4.52 Å². The van der Waals surface area contributed by atoms with Crippen LogP contribution in [0.15, 0.2) is 82.7 Å². The first-order chi connectivity index (χ1) is 14.2. The van der Waals surface area contributed by atoms with E-state index in [1.54, 1.807) is 24.5 Å². The van der Waals surface area contributed by atoms with Crippen LogP contribution < -0.4 is 11.3 Å². The molecule has 5 rings (SSSR count). The Balaban J connectivity index is 1.68. The number of anilines is 1. The fourth-order valence-corrected chi connectivity index (χ4v) is 3.23. The second-order valence-electron chi connectivity index (χ2n) is 6.40. The van der Waals surface area contributed by atoms with Crippen molar-refractivity contribution in [3.63, 3.8) is 0 Å². The number of pyridine rings is 1. The molecule has 0 fully saturated rings. The van der Waals surface area contributed by atoms with E-state index in [4.69, 9.17) is 10.3 Å². The van der Waals surface area contributed by atoms with Crippen LogP contribution in [-0.4, -0.2) is 24.7 Å². The molecule has 2 aromatic carbocycles. The fraction of sp³-hybridized carbons (Fsp3) is 0. The maximum absolute atomic E-state index is 13.2. The quantitative estimate of drug-likeness (QED) is 0.510. The minimum atomic E-state index is -0.233. The molecule has 140 valence electrons. The molecule has 3 aromatic heterocycles. The summed E-state index contributed by atoms with van der Waals surface area (Å²) in [4.78, 5) is 25.9. The lowest BCUT2D eigenvalue weighted by molar-refractivity contribution is 0.418. The third-order valence-electron chi connectivity index (χ3n) is 4.60. The number of nitrogen functional groups attached to an aromatic ring is 1. The van der Waals surface area contributed by atoms with Gasteiger partial charge >= 0.3 is 0 Å². The van der Waals surface area contributed by atoms with E-state index in [2.05, 4.69) is 20.1 Å². The van der Waals surface area contributed by atoms with Crippen LogP contribution in [0, 0.1) is 0 Å². The van der Waals surface area contributed by atoms with E-state index in [9.17, 15) is 4.79 Å². The highest BCUT2D eigenvalue weighted by Crippen LogP contribution is 2.26. The normalized spacial score (nSPS) is 11.0. The Morgan fingerprint density at radius 3 is 2.55 bits per heavy atom. The van der Waals surface area contributed by atoms with Gasteiger partial charge in [0.2, 0.25) is 18.2 Å². The van der Waals surface area contributed by atoms with Crippen LogP contribution in [0.2, 0.25) is 0 Å². The molecule has 0 radical (unpaired) electrons. The summed E-state index contributed by atoms with van der Waals surface area (Å²) in [6, 6.07) is 16.5. The van der Waals surface area contributed by atoms with Crippen LogP contribution in [0.1, 0.15) is 0 Å². The number of hydrogen-bond acceptors (Lipinski definition) is 7. The number of aromatic nitrogens is 5. The van der Waals surface area contributed by atoms with E-state index in [0.29, 0.717) is 28.0 Å². The molecule has 0 spiro atoms. The van der Waals surface area contributed by atoms with Gasteiger partial charge in [0.1, 0.15) is 0 Å². The number of benzene rings is 2. The maximum Gasteiger partial charge on any atom is 0.267 e. The minimum absolute atomic E-state index is 0.141. The first-order valence-electron chi connectivity index (χ1n) is 8.80. The van der Waals surface area contributed by atoms with Crippen molar-refractivity contribution in [3.8, 4) is 28.2 Å². The van der Waals surface area contributed by atoms with Gasteiger partial charge in [-0.1, -0.05) is 29.4 Å². The van der Waals surface area contributed by atoms with Gasteiger partial charge in [-0.15, -0.1) is 0 Å². The number of hydrogen-bond donors (Lipinski definition) is 1. The molecule has 0 aliphatic rings. The molecule has 0 unspecified atom stereocenters. The zero-order valence-electron chi connectivity index (χ0n) is 15.1. The largest absolute Gasteiger partial charge is 0.369 e. The van der Waals surface area contributed by atoms with Crippen LogP contribution in [0.3, 0.4) is 0 Å². The Hall–Kier alpha value is -4.33. The molecule has 0 amide bonds. The summed E-state index contributed by atoms with van der Waals surface area (Å²) in [5.41, 5.74) is 9.37. The van der Waals surface area contributed by atoms with E-state index >= 15 is 0 Å². The molecule has 5 aromatic rings. The third kappa shape index (κ3) is 2.92. The monoisotopic (exact) mass is 382 g/mol. The van der Waals surface area contributed by atoms with Gasteiger partial charge in [0, 0.05) is 23.5 Å². The molecule has 2 N–H and O–H groups in total. The van der Waals surface area contributed by atoms with Crippen LogP contribution >= 0.6 is 0 Å². The second kappa shape index (κ2) is 6.68. The van der Waals surface area contributed by atoms with Crippen molar-refractivity contribution in [2.45, 2.75) is 0 Å². The number of rotatable bonds is 3. The number of fused-ring (bicyclic) bond motifs is 1. The van der Waals surface area contributed by atoms with Gasteiger partial charge in [-0.25, -0.2) is 9.55 Å². The Kier molecular flexibility index (Phi) is 3.87. The molecule has 0 bridgehead atoms. The summed E-state index contributed by atoms with van der Waals surface area (Å²) >= 11 is 0. The first-order valence-corrected chi connectivity index (χ1v) is 8.80. The van der Waals surface area contributed by atoms with E-state index in [0.717, 1.165) is 11.1 Å². The Morgan fingerprint density at radius 1 is 0.931 bits per heavy atom. The number of nitrogens with two attached hydrogens (primary N) is 1. The lowest BCUT2D eigenvalue weighted by Crippen LogP contribution is -2.23. The highest BCUT2D eigenvalue weighted by Gasteiger charge is 2.12. The smallest absolute Gasteiger partial charge is 0.267 e. The molecule has 8 heteroatoms. The van der Waals surface area contributed by atoms with Crippen molar-refractivity contribution in [3.05, 3.63) is 83.7 Å². The van der Waals surface area contributed by atoms with E-state index in [1.807, 2.05) is 42.5 Å². The SMILES string of the molecule is Nc1nc2ccc(-c3cncc(-c4ncon4)c3)cc2c(=O)n1-c1ccccc1. The zero-order chi connectivity index (χ0) is 19.8. The molecule has 0 saturated heterocycles. The summed E-state index contributed by atoms with van der Waals surface area (Å²) in [7, 11) is 0.